The van der Waals surface area contributed by atoms with Crippen LogP contribution in [0.15, 0.2) is 27.4 Å². The lowest BCUT2D eigenvalue weighted by Crippen LogP contribution is -2.03. The zero-order valence-corrected chi connectivity index (χ0v) is 7.78. The van der Waals surface area contributed by atoms with Crippen LogP contribution in [0, 0.1) is 0 Å². The molecule has 0 unspecified atom stereocenters. The van der Waals surface area contributed by atoms with E-state index in [-0.39, 0.29) is 17.3 Å². The summed E-state index contributed by atoms with van der Waals surface area (Å²) in [6.07, 6.45) is 0. The van der Waals surface area contributed by atoms with Crippen molar-refractivity contribution < 1.29 is 4.42 Å². The lowest BCUT2D eigenvalue weighted by atomic mass is 10.3. The number of nitrogens with one attached hydrogen (secondary N) is 1. The van der Waals surface area contributed by atoms with E-state index >= 15 is 0 Å². The van der Waals surface area contributed by atoms with E-state index in [1.54, 1.807) is 12.1 Å². The first-order valence-electron chi connectivity index (χ1n) is 3.87. The Morgan fingerprint density at radius 3 is 2.93 bits per heavy atom. The fourth-order valence-corrected chi connectivity index (χ4v) is 1.10. The van der Waals surface area contributed by atoms with Crippen LogP contribution in [-0.2, 0) is 5.88 Å². The zero-order chi connectivity index (χ0) is 9.97. The summed E-state index contributed by atoms with van der Waals surface area (Å²) >= 11 is 5.49. The number of H-pyrrole nitrogens is 1. The summed E-state index contributed by atoms with van der Waals surface area (Å²) in [6, 6.07) is 4.69. The van der Waals surface area contributed by atoms with Crippen LogP contribution in [0.1, 0.15) is 5.89 Å². The molecular formula is C8H6ClN3O2. The standard InChI is InChI=1S/C8H6ClN3O2/c9-4-7-11-12-8(14-7)5-2-1-3-6(13)10-5/h1-3H,4H2,(H,10,13). The topological polar surface area (TPSA) is 71.8 Å². The Kier molecular flexibility index (Phi) is 2.32. The van der Waals surface area contributed by atoms with Gasteiger partial charge in [0.2, 0.25) is 11.4 Å². The van der Waals surface area contributed by atoms with Crippen molar-refractivity contribution in [2.24, 2.45) is 0 Å². The molecule has 6 heteroatoms. The first-order valence-corrected chi connectivity index (χ1v) is 4.41. The molecule has 1 N–H and O–H groups in total. The Labute approximate surface area is 83.7 Å². The Morgan fingerprint density at radius 2 is 2.29 bits per heavy atom. The molecule has 0 saturated carbocycles. The summed E-state index contributed by atoms with van der Waals surface area (Å²) in [5.74, 6) is 0.745. The first-order chi connectivity index (χ1) is 6.79. The van der Waals surface area contributed by atoms with Crippen molar-refractivity contribution in [3.8, 4) is 11.6 Å². The lowest BCUT2D eigenvalue weighted by molar-refractivity contribution is 0.525. The van der Waals surface area contributed by atoms with Crippen LogP contribution in [0.3, 0.4) is 0 Å². The zero-order valence-electron chi connectivity index (χ0n) is 7.03. The number of aromatic amines is 1. The minimum atomic E-state index is -0.215. The molecule has 0 fully saturated rings. The highest BCUT2D eigenvalue weighted by Gasteiger charge is 2.07. The van der Waals surface area contributed by atoms with Crippen molar-refractivity contribution in [1.82, 2.24) is 15.2 Å². The van der Waals surface area contributed by atoms with Gasteiger partial charge in [-0.05, 0) is 6.07 Å². The van der Waals surface area contributed by atoms with Crippen LogP contribution >= 0.6 is 11.6 Å². The molecule has 0 saturated heterocycles. The van der Waals surface area contributed by atoms with Gasteiger partial charge in [0, 0.05) is 6.07 Å². The minimum absolute atomic E-state index is 0.157. The molecule has 2 rings (SSSR count). The first kappa shape index (κ1) is 8.96. The summed E-state index contributed by atoms with van der Waals surface area (Å²) in [4.78, 5) is 13.5. The van der Waals surface area contributed by atoms with E-state index in [0.717, 1.165) is 0 Å². The number of rotatable bonds is 2. The second-order valence-corrected chi connectivity index (χ2v) is 2.83. The quantitative estimate of drug-likeness (QED) is 0.757. The van der Waals surface area contributed by atoms with Gasteiger partial charge >= 0.3 is 0 Å². The monoisotopic (exact) mass is 211 g/mol. The third-order valence-corrected chi connectivity index (χ3v) is 1.81. The summed E-state index contributed by atoms with van der Waals surface area (Å²) < 4.78 is 5.15. The van der Waals surface area contributed by atoms with E-state index in [1.165, 1.54) is 6.07 Å². The number of halogens is 1. The van der Waals surface area contributed by atoms with Crippen molar-refractivity contribution >= 4 is 11.6 Å². The maximum atomic E-state index is 11.0. The number of hydrogen-bond acceptors (Lipinski definition) is 4. The van der Waals surface area contributed by atoms with E-state index < -0.39 is 0 Å². The van der Waals surface area contributed by atoms with Crippen LogP contribution < -0.4 is 5.56 Å². The molecule has 0 atom stereocenters. The SMILES string of the molecule is O=c1cccc(-c2nnc(CCl)o2)[nH]1. The smallest absolute Gasteiger partial charge is 0.264 e. The van der Waals surface area contributed by atoms with Gasteiger partial charge in [0.05, 0.1) is 0 Å². The maximum Gasteiger partial charge on any atom is 0.264 e. The molecular weight excluding hydrogens is 206 g/mol. The molecule has 0 aliphatic heterocycles. The molecule has 0 aliphatic carbocycles. The number of pyridine rings is 1. The van der Waals surface area contributed by atoms with E-state index in [9.17, 15) is 4.79 Å². The van der Waals surface area contributed by atoms with Crippen LogP contribution in [0.5, 0.6) is 0 Å². The fourth-order valence-electron chi connectivity index (χ4n) is 0.989. The molecule has 0 amide bonds. The minimum Gasteiger partial charge on any atom is -0.418 e. The maximum absolute atomic E-state index is 11.0. The van der Waals surface area contributed by atoms with Crippen LogP contribution in [0.4, 0.5) is 0 Å². The average molecular weight is 212 g/mol. The Bertz CT molecular complexity index is 491. The summed E-state index contributed by atoms with van der Waals surface area (Å²) in [5.41, 5.74) is 0.273. The van der Waals surface area contributed by atoms with Crippen molar-refractivity contribution in [3.63, 3.8) is 0 Å². The molecule has 2 aromatic heterocycles. The highest BCUT2D eigenvalue weighted by Crippen LogP contribution is 2.13. The van der Waals surface area contributed by atoms with Crippen molar-refractivity contribution in [2.45, 2.75) is 5.88 Å². The van der Waals surface area contributed by atoms with Gasteiger partial charge in [-0.15, -0.1) is 21.8 Å². The van der Waals surface area contributed by atoms with Gasteiger partial charge in [-0.25, -0.2) is 0 Å². The third-order valence-electron chi connectivity index (χ3n) is 1.58. The van der Waals surface area contributed by atoms with E-state index in [1.807, 2.05) is 0 Å². The van der Waals surface area contributed by atoms with Crippen molar-refractivity contribution in [3.05, 3.63) is 34.4 Å². The summed E-state index contributed by atoms with van der Waals surface area (Å²) in [7, 11) is 0. The number of nitrogens with zero attached hydrogens (tertiary/aromatic N) is 2. The highest BCUT2D eigenvalue weighted by molar-refractivity contribution is 6.16. The van der Waals surface area contributed by atoms with Gasteiger partial charge in [-0.1, -0.05) is 6.07 Å². The second-order valence-electron chi connectivity index (χ2n) is 2.56. The Morgan fingerprint density at radius 1 is 1.43 bits per heavy atom. The number of alkyl halides is 1. The highest BCUT2D eigenvalue weighted by atomic mass is 35.5. The van der Waals surface area contributed by atoms with Crippen LogP contribution in [0.2, 0.25) is 0 Å². The Balaban J connectivity index is 2.44. The van der Waals surface area contributed by atoms with Gasteiger partial charge in [-0.3, -0.25) is 4.79 Å². The largest absolute Gasteiger partial charge is 0.418 e. The van der Waals surface area contributed by atoms with Crippen LogP contribution in [0.25, 0.3) is 11.6 Å². The predicted molar refractivity (Wildman–Crippen MR) is 49.9 cm³/mol. The fraction of sp³-hybridized carbons (Fsp3) is 0.125. The van der Waals surface area contributed by atoms with Gasteiger partial charge < -0.3 is 9.40 Å². The molecule has 0 bridgehead atoms. The molecule has 72 valence electrons. The van der Waals surface area contributed by atoms with E-state index in [2.05, 4.69) is 15.2 Å². The van der Waals surface area contributed by atoms with Gasteiger partial charge in [0.25, 0.3) is 5.89 Å². The molecule has 0 radical (unpaired) electrons. The summed E-state index contributed by atoms with van der Waals surface area (Å²) in [6.45, 7) is 0. The normalized spacial score (nSPS) is 10.4. The molecule has 2 aromatic rings. The van der Waals surface area contributed by atoms with Crippen LogP contribution in [-0.4, -0.2) is 15.2 Å². The molecule has 5 nitrogen and oxygen atoms in total. The van der Waals surface area contributed by atoms with Gasteiger partial charge in [0.1, 0.15) is 11.6 Å². The van der Waals surface area contributed by atoms with E-state index in [4.69, 9.17) is 16.0 Å². The molecule has 2 heterocycles. The van der Waals surface area contributed by atoms with Crippen molar-refractivity contribution in [1.29, 1.82) is 0 Å². The summed E-state index contributed by atoms with van der Waals surface area (Å²) in [5, 5.41) is 7.40. The number of aromatic nitrogens is 3. The number of hydrogen-bond donors (Lipinski definition) is 1. The molecule has 0 aromatic carbocycles. The van der Waals surface area contributed by atoms with Gasteiger partial charge in [-0.2, -0.15) is 0 Å². The van der Waals surface area contributed by atoms with Crippen molar-refractivity contribution in [2.75, 3.05) is 0 Å². The predicted octanol–water partition coefficient (Wildman–Crippen LogP) is 1.16. The lowest BCUT2D eigenvalue weighted by Gasteiger charge is -1.91. The average Bonchev–Trinajstić information content (AvgIpc) is 2.66. The molecule has 14 heavy (non-hydrogen) atoms. The third kappa shape index (κ3) is 1.67. The molecule has 0 aliphatic rings. The Hall–Kier alpha value is -1.62. The van der Waals surface area contributed by atoms with Gasteiger partial charge in [0.15, 0.2) is 0 Å². The second kappa shape index (κ2) is 3.63. The molecule has 0 spiro atoms. The van der Waals surface area contributed by atoms with E-state index in [0.29, 0.717) is 11.6 Å².